The van der Waals surface area contributed by atoms with Crippen molar-refractivity contribution in [3.8, 4) is 0 Å². The van der Waals surface area contributed by atoms with Crippen LogP contribution in [0.2, 0.25) is 0 Å². The zero-order chi connectivity index (χ0) is 29.5. The van der Waals surface area contributed by atoms with Gasteiger partial charge in [0.05, 0.1) is 13.2 Å². The molecule has 1 heterocycles. The highest BCUT2D eigenvalue weighted by Crippen LogP contribution is 2.43. The summed E-state index contributed by atoms with van der Waals surface area (Å²) in [5, 5.41) is 3.36. The Morgan fingerprint density at radius 3 is 2.23 bits per heavy atom. The van der Waals surface area contributed by atoms with Crippen LogP contribution in [0.15, 0.2) is 0 Å². The number of phosphoric acid groups is 1. The molecule has 3 atom stereocenters. The highest BCUT2D eigenvalue weighted by atomic mass is 33.1. The fourth-order valence-corrected chi connectivity index (χ4v) is 7.67. The number of ether oxygens (including phenoxy) is 2. The Kier molecular flexibility index (Phi) is 22.1. The Bertz CT molecular complexity index is 754. The molecular formula is C27H50NO9PS2. The third-order valence-electron chi connectivity index (χ3n) is 6.21. The summed E-state index contributed by atoms with van der Waals surface area (Å²) < 4.78 is 32.9. The van der Waals surface area contributed by atoms with Gasteiger partial charge in [-0.15, -0.1) is 0 Å². The molecule has 1 rings (SSSR count). The Morgan fingerprint density at radius 1 is 0.900 bits per heavy atom. The number of hydrogen-bond acceptors (Lipinski definition) is 10. The van der Waals surface area contributed by atoms with Crippen molar-refractivity contribution >= 4 is 47.3 Å². The Balaban J connectivity index is 2.35. The van der Waals surface area contributed by atoms with Crippen LogP contribution in [0.1, 0.15) is 110 Å². The molecule has 0 spiro atoms. The first-order chi connectivity index (χ1) is 19.3. The summed E-state index contributed by atoms with van der Waals surface area (Å²) in [6, 6.07) is 0. The number of unbranched alkanes of at least 4 members (excludes halogenated alkanes) is 7. The lowest BCUT2D eigenvalue weighted by Gasteiger charge is -2.20. The van der Waals surface area contributed by atoms with E-state index in [1.807, 2.05) is 21.6 Å². The highest BCUT2D eigenvalue weighted by Gasteiger charge is 2.26. The fourth-order valence-electron chi connectivity index (χ4n) is 3.89. The molecule has 13 heteroatoms. The average Bonchev–Trinajstić information content (AvgIpc) is 3.45. The number of hydrogen-bond donors (Lipinski definition) is 2. The van der Waals surface area contributed by atoms with E-state index in [4.69, 9.17) is 18.5 Å². The standard InChI is InChI=1S/C27H50NO9PS2/c1-3-5-7-9-15-26(30)34-21-23(37-27(31)16-10-8-6-4-2)22-36-38(32,33)35-19-18-28-25(29)14-12-11-13-24-17-20-39-40-24/h23-24H,3-22H2,1-2H3,(H,28,29)(H,32,33). The third-order valence-corrected chi connectivity index (χ3v) is 10.2. The lowest BCUT2D eigenvalue weighted by Crippen LogP contribution is -2.30. The van der Waals surface area contributed by atoms with Crippen LogP contribution in [0.25, 0.3) is 0 Å². The summed E-state index contributed by atoms with van der Waals surface area (Å²) in [5.41, 5.74) is 0. The molecule has 1 aliphatic heterocycles. The van der Waals surface area contributed by atoms with Gasteiger partial charge < -0.3 is 19.7 Å². The summed E-state index contributed by atoms with van der Waals surface area (Å²) >= 11 is 0. The lowest BCUT2D eigenvalue weighted by molar-refractivity contribution is -0.161. The predicted octanol–water partition coefficient (Wildman–Crippen LogP) is 6.35. The molecule has 0 aromatic carbocycles. The molecule has 1 fully saturated rings. The molecule has 1 saturated heterocycles. The van der Waals surface area contributed by atoms with Crippen molar-refractivity contribution in [3.05, 3.63) is 0 Å². The van der Waals surface area contributed by atoms with E-state index in [1.54, 1.807) is 0 Å². The first-order valence-electron chi connectivity index (χ1n) is 14.8. The maximum atomic E-state index is 12.3. The minimum absolute atomic E-state index is 0.0632. The van der Waals surface area contributed by atoms with Gasteiger partial charge in [0.25, 0.3) is 0 Å². The Labute approximate surface area is 248 Å². The number of carbonyl (C=O) groups is 3. The molecule has 3 unspecified atom stereocenters. The summed E-state index contributed by atoms with van der Waals surface area (Å²) in [6.07, 6.45) is 11.3. The third kappa shape index (κ3) is 21.0. The van der Waals surface area contributed by atoms with Crippen molar-refractivity contribution in [1.82, 2.24) is 5.32 Å². The molecule has 0 bridgehead atoms. The molecule has 0 aromatic heterocycles. The van der Waals surface area contributed by atoms with Crippen LogP contribution in [0, 0.1) is 0 Å². The Morgan fingerprint density at radius 2 is 1.57 bits per heavy atom. The molecule has 1 aliphatic rings. The van der Waals surface area contributed by atoms with E-state index in [0.717, 1.165) is 57.8 Å². The van der Waals surface area contributed by atoms with E-state index in [1.165, 1.54) is 12.2 Å². The summed E-state index contributed by atoms with van der Waals surface area (Å²) in [6.45, 7) is 3.25. The second-order valence-corrected chi connectivity index (χ2v) is 14.2. The molecule has 2 N–H and O–H groups in total. The van der Waals surface area contributed by atoms with Gasteiger partial charge in [-0.05, 0) is 32.1 Å². The smallest absolute Gasteiger partial charge is 0.462 e. The Hall–Kier alpha value is -0.780. The van der Waals surface area contributed by atoms with Crippen molar-refractivity contribution in [3.63, 3.8) is 0 Å². The molecule has 1 amide bonds. The molecule has 234 valence electrons. The second kappa shape index (κ2) is 23.7. The minimum atomic E-state index is -4.48. The summed E-state index contributed by atoms with van der Waals surface area (Å²) in [4.78, 5) is 46.3. The van der Waals surface area contributed by atoms with Gasteiger partial charge in [0.1, 0.15) is 6.61 Å². The maximum Gasteiger partial charge on any atom is 0.472 e. The molecule has 0 aliphatic carbocycles. The van der Waals surface area contributed by atoms with Crippen LogP contribution < -0.4 is 5.32 Å². The van der Waals surface area contributed by atoms with E-state index < -0.39 is 32.5 Å². The molecular weight excluding hydrogens is 577 g/mol. The van der Waals surface area contributed by atoms with Gasteiger partial charge in [0.2, 0.25) is 5.91 Å². The molecule has 10 nitrogen and oxygen atoms in total. The normalized spacial score (nSPS) is 17.2. The van der Waals surface area contributed by atoms with Gasteiger partial charge >= 0.3 is 19.8 Å². The first-order valence-corrected chi connectivity index (χ1v) is 18.7. The molecule has 0 saturated carbocycles. The van der Waals surface area contributed by atoms with Crippen LogP contribution in [0.3, 0.4) is 0 Å². The van der Waals surface area contributed by atoms with E-state index in [-0.39, 0.29) is 38.5 Å². The topological polar surface area (TPSA) is 137 Å². The largest absolute Gasteiger partial charge is 0.472 e. The number of amides is 1. The minimum Gasteiger partial charge on any atom is -0.462 e. The van der Waals surface area contributed by atoms with Crippen molar-refractivity contribution in [2.45, 2.75) is 122 Å². The number of carbonyl (C=O) groups excluding carboxylic acids is 3. The molecule has 40 heavy (non-hydrogen) atoms. The molecule has 0 radical (unpaired) electrons. The fraction of sp³-hybridized carbons (Fsp3) is 0.889. The van der Waals surface area contributed by atoms with Gasteiger partial charge in [0, 0.05) is 36.8 Å². The van der Waals surface area contributed by atoms with Crippen LogP contribution in [0.5, 0.6) is 0 Å². The number of phosphoric ester groups is 1. The van der Waals surface area contributed by atoms with Crippen LogP contribution in [0.4, 0.5) is 0 Å². The quantitative estimate of drug-likeness (QED) is 0.0507. The van der Waals surface area contributed by atoms with Crippen molar-refractivity contribution in [2.24, 2.45) is 0 Å². The highest BCUT2D eigenvalue weighted by molar-refractivity contribution is 8.77. The molecule has 0 aromatic rings. The number of esters is 2. The predicted molar refractivity (Wildman–Crippen MR) is 160 cm³/mol. The maximum absolute atomic E-state index is 12.3. The summed E-state index contributed by atoms with van der Waals surface area (Å²) in [5.74, 6) is 0.163. The van der Waals surface area contributed by atoms with Gasteiger partial charge in [0.15, 0.2) is 6.10 Å². The van der Waals surface area contributed by atoms with Gasteiger partial charge in [-0.3, -0.25) is 23.4 Å². The first kappa shape index (κ1) is 37.2. The van der Waals surface area contributed by atoms with Gasteiger partial charge in [-0.2, -0.15) is 0 Å². The van der Waals surface area contributed by atoms with Crippen molar-refractivity contribution in [2.75, 3.05) is 32.1 Å². The zero-order valence-electron chi connectivity index (χ0n) is 24.3. The number of rotatable bonds is 25. The van der Waals surface area contributed by atoms with E-state index in [0.29, 0.717) is 24.5 Å². The van der Waals surface area contributed by atoms with Gasteiger partial charge in [-0.25, -0.2) is 4.57 Å². The lowest BCUT2D eigenvalue weighted by atomic mass is 10.1. The van der Waals surface area contributed by atoms with E-state index in [9.17, 15) is 23.8 Å². The summed E-state index contributed by atoms with van der Waals surface area (Å²) in [7, 11) is -0.638. The monoisotopic (exact) mass is 627 g/mol. The van der Waals surface area contributed by atoms with Gasteiger partial charge in [-0.1, -0.05) is 80.4 Å². The van der Waals surface area contributed by atoms with Crippen molar-refractivity contribution < 1.29 is 42.4 Å². The van der Waals surface area contributed by atoms with E-state index in [2.05, 4.69) is 19.2 Å². The zero-order valence-corrected chi connectivity index (χ0v) is 26.8. The average molecular weight is 628 g/mol. The van der Waals surface area contributed by atoms with Crippen LogP contribution in [-0.4, -0.2) is 66.2 Å². The van der Waals surface area contributed by atoms with Crippen LogP contribution >= 0.6 is 29.4 Å². The van der Waals surface area contributed by atoms with Crippen LogP contribution in [-0.2, 0) is 37.5 Å². The SMILES string of the molecule is CCCCCCC(=O)OCC(COP(=O)(O)OCCNC(=O)CCCCC1CCSS1)OC(=O)CCCCCC. The van der Waals surface area contributed by atoms with Crippen molar-refractivity contribution in [1.29, 1.82) is 0 Å². The van der Waals surface area contributed by atoms with E-state index >= 15 is 0 Å². The second-order valence-electron chi connectivity index (χ2n) is 9.94. The number of nitrogens with one attached hydrogen (secondary N) is 1.